The molecule has 0 bridgehead atoms. The second kappa shape index (κ2) is 7.57. The molecule has 1 aliphatic rings. The van der Waals surface area contributed by atoms with E-state index >= 15 is 0 Å². The molecule has 2 aromatic rings. The van der Waals surface area contributed by atoms with Gasteiger partial charge in [-0.3, -0.25) is 4.79 Å². The molecule has 0 aliphatic heterocycles. The van der Waals surface area contributed by atoms with E-state index in [0.29, 0.717) is 5.02 Å². The average molecular weight is 358 g/mol. The standard InChI is InChI=1S/C19H20ClN3O2/c1-13-11-23(12-21-13)17-7-6-16(10-18(17)25-2)22-19(24)9-14-4-3-5-15(20)8-14/h3-6,8,10-12,17H,7,9H2,1-2H3,(H,22,24). The van der Waals surface area contributed by atoms with Crippen LogP contribution in [0.1, 0.15) is 23.7 Å². The van der Waals surface area contributed by atoms with Gasteiger partial charge < -0.3 is 14.6 Å². The summed E-state index contributed by atoms with van der Waals surface area (Å²) in [4.78, 5) is 16.5. The summed E-state index contributed by atoms with van der Waals surface area (Å²) in [5.41, 5.74) is 2.58. The lowest BCUT2D eigenvalue weighted by Crippen LogP contribution is -2.26. The molecular weight excluding hydrogens is 338 g/mol. The number of aryl methyl sites for hydroxylation is 1. The zero-order valence-corrected chi connectivity index (χ0v) is 15.0. The summed E-state index contributed by atoms with van der Waals surface area (Å²) in [7, 11) is 1.64. The van der Waals surface area contributed by atoms with Crippen LogP contribution in [0.5, 0.6) is 0 Å². The highest BCUT2D eigenvalue weighted by molar-refractivity contribution is 6.30. The molecule has 0 fully saturated rings. The first-order valence-corrected chi connectivity index (χ1v) is 8.43. The van der Waals surface area contributed by atoms with Crippen molar-refractivity contribution in [3.63, 3.8) is 0 Å². The SMILES string of the molecule is COC1=CC(NC(=O)Cc2cccc(Cl)c2)=CCC1n1cnc(C)c1. The van der Waals surface area contributed by atoms with Gasteiger partial charge >= 0.3 is 0 Å². The highest BCUT2D eigenvalue weighted by atomic mass is 35.5. The molecule has 130 valence electrons. The van der Waals surface area contributed by atoms with Crippen molar-refractivity contribution in [2.24, 2.45) is 0 Å². The second-order valence-corrected chi connectivity index (χ2v) is 6.42. The van der Waals surface area contributed by atoms with Crippen molar-refractivity contribution in [3.05, 3.63) is 76.7 Å². The third-order valence-electron chi connectivity index (χ3n) is 4.05. The third-order valence-corrected chi connectivity index (χ3v) is 4.29. The largest absolute Gasteiger partial charge is 0.499 e. The lowest BCUT2D eigenvalue weighted by Gasteiger charge is -2.24. The second-order valence-electron chi connectivity index (χ2n) is 5.98. The van der Waals surface area contributed by atoms with Crippen molar-refractivity contribution < 1.29 is 9.53 Å². The number of carbonyl (C=O) groups is 1. The van der Waals surface area contributed by atoms with E-state index in [0.717, 1.165) is 29.1 Å². The van der Waals surface area contributed by atoms with E-state index in [1.165, 1.54) is 0 Å². The van der Waals surface area contributed by atoms with E-state index < -0.39 is 0 Å². The number of methoxy groups -OCH3 is 1. The third kappa shape index (κ3) is 4.31. The van der Waals surface area contributed by atoms with Gasteiger partial charge in [0.2, 0.25) is 5.91 Å². The number of carbonyl (C=O) groups excluding carboxylic acids is 1. The zero-order valence-electron chi connectivity index (χ0n) is 14.2. The number of rotatable bonds is 5. The maximum absolute atomic E-state index is 12.3. The summed E-state index contributed by atoms with van der Waals surface area (Å²) >= 11 is 5.96. The average Bonchev–Trinajstić information content (AvgIpc) is 3.01. The number of ether oxygens (including phenoxy) is 1. The Bertz CT molecular complexity index is 839. The Hall–Kier alpha value is -2.53. The van der Waals surface area contributed by atoms with Crippen LogP contribution in [-0.4, -0.2) is 22.6 Å². The summed E-state index contributed by atoms with van der Waals surface area (Å²) in [5.74, 6) is 0.704. The van der Waals surface area contributed by atoms with Crippen LogP contribution >= 0.6 is 11.6 Å². The minimum absolute atomic E-state index is 0.0554. The molecule has 1 aromatic heterocycles. The Morgan fingerprint density at radius 3 is 3.00 bits per heavy atom. The van der Waals surface area contributed by atoms with E-state index in [-0.39, 0.29) is 18.4 Å². The van der Waals surface area contributed by atoms with E-state index in [1.54, 1.807) is 25.6 Å². The molecule has 1 amide bonds. The van der Waals surface area contributed by atoms with Gasteiger partial charge in [0.1, 0.15) is 5.76 Å². The number of nitrogens with zero attached hydrogens (tertiary/aromatic N) is 2. The van der Waals surface area contributed by atoms with Gasteiger partial charge in [0.15, 0.2) is 0 Å². The van der Waals surface area contributed by atoms with E-state index in [9.17, 15) is 4.79 Å². The number of imidazole rings is 1. The van der Waals surface area contributed by atoms with Crippen molar-refractivity contribution in [3.8, 4) is 0 Å². The van der Waals surface area contributed by atoms with Crippen LogP contribution in [0, 0.1) is 6.92 Å². The quantitative estimate of drug-likeness (QED) is 0.890. The van der Waals surface area contributed by atoms with Crippen molar-refractivity contribution in [1.82, 2.24) is 14.9 Å². The van der Waals surface area contributed by atoms with Gasteiger partial charge in [-0.25, -0.2) is 4.98 Å². The molecule has 1 aromatic carbocycles. The Kier molecular flexibility index (Phi) is 5.24. The maximum atomic E-state index is 12.3. The molecule has 0 saturated heterocycles. The summed E-state index contributed by atoms with van der Waals surface area (Å²) in [6, 6.07) is 7.36. The molecule has 1 N–H and O–H groups in total. The molecule has 1 atom stereocenters. The minimum atomic E-state index is -0.0860. The molecule has 1 heterocycles. The fourth-order valence-electron chi connectivity index (χ4n) is 2.86. The van der Waals surface area contributed by atoms with Gasteiger partial charge in [-0.15, -0.1) is 0 Å². The Balaban J connectivity index is 1.66. The number of aromatic nitrogens is 2. The fourth-order valence-corrected chi connectivity index (χ4v) is 3.07. The normalized spacial score (nSPS) is 16.8. The van der Waals surface area contributed by atoms with Crippen LogP contribution in [0.2, 0.25) is 5.02 Å². The van der Waals surface area contributed by atoms with Crippen molar-refractivity contribution in [2.75, 3.05) is 7.11 Å². The lowest BCUT2D eigenvalue weighted by molar-refractivity contribution is -0.119. The smallest absolute Gasteiger partial charge is 0.228 e. The van der Waals surface area contributed by atoms with Crippen LogP contribution in [0.15, 0.2) is 60.4 Å². The number of hydrogen-bond donors (Lipinski definition) is 1. The highest BCUT2D eigenvalue weighted by Crippen LogP contribution is 2.28. The lowest BCUT2D eigenvalue weighted by atomic mass is 10.0. The summed E-state index contributed by atoms with van der Waals surface area (Å²) in [6.45, 7) is 1.95. The molecule has 3 rings (SSSR count). The molecule has 0 radical (unpaired) electrons. The first-order chi connectivity index (χ1) is 12.0. The zero-order chi connectivity index (χ0) is 17.8. The summed E-state index contributed by atoms with van der Waals surface area (Å²) in [5, 5.41) is 3.55. The van der Waals surface area contributed by atoms with Crippen LogP contribution in [0.4, 0.5) is 0 Å². The number of amides is 1. The van der Waals surface area contributed by atoms with Crippen LogP contribution < -0.4 is 5.32 Å². The first-order valence-electron chi connectivity index (χ1n) is 8.05. The monoisotopic (exact) mass is 357 g/mol. The number of halogens is 1. The molecule has 6 heteroatoms. The maximum Gasteiger partial charge on any atom is 0.228 e. The number of nitrogens with one attached hydrogen (secondary N) is 1. The number of hydrogen-bond acceptors (Lipinski definition) is 3. The van der Waals surface area contributed by atoms with Gasteiger partial charge in [-0.2, -0.15) is 0 Å². The summed E-state index contributed by atoms with van der Waals surface area (Å²) < 4.78 is 7.54. The summed E-state index contributed by atoms with van der Waals surface area (Å²) in [6.07, 6.45) is 8.63. The van der Waals surface area contributed by atoms with Gasteiger partial charge in [-0.1, -0.05) is 29.8 Å². The molecule has 0 saturated carbocycles. The fraction of sp³-hybridized carbons (Fsp3) is 0.263. The highest BCUT2D eigenvalue weighted by Gasteiger charge is 2.21. The van der Waals surface area contributed by atoms with Gasteiger partial charge in [0.05, 0.1) is 31.6 Å². The van der Waals surface area contributed by atoms with Crippen molar-refractivity contribution in [2.45, 2.75) is 25.8 Å². The molecular formula is C19H20ClN3O2. The van der Waals surface area contributed by atoms with Gasteiger partial charge in [-0.05, 0) is 31.0 Å². The van der Waals surface area contributed by atoms with Crippen LogP contribution in [0.25, 0.3) is 0 Å². The van der Waals surface area contributed by atoms with Gasteiger partial charge in [0, 0.05) is 23.0 Å². The first kappa shape index (κ1) is 17.3. The molecule has 1 unspecified atom stereocenters. The Morgan fingerprint density at radius 2 is 2.32 bits per heavy atom. The molecule has 0 spiro atoms. The predicted molar refractivity (Wildman–Crippen MR) is 97.1 cm³/mol. The van der Waals surface area contributed by atoms with Crippen LogP contribution in [-0.2, 0) is 16.0 Å². The van der Waals surface area contributed by atoms with Crippen molar-refractivity contribution in [1.29, 1.82) is 0 Å². The van der Waals surface area contributed by atoms with E-state index in [1.807, 2.05) is 42.0 Å². The molecule has 25 heavy (non-hydrogen) atoms. The van der Waals surface area contributed by atoms with E-state index in [2.05, 4.69) is 10.3 Å². The van der Waals surface area contributed by atoms with E-state index in [4.69, 9.17) is 16.3 Å². The Morgan fingerprint density at radius 1 is 1.48 bits per heavy atom. The van der Waals surface area contributed by atoms with Crippen LogP contribution in [0.3, 0.4) is 0 Å². The topological polar surface area (TPSA) is 56.1 Å². The minimum Gasteiger partial charge on any atom is -0.499 e. The molecule has 5 nitrogen and oxygen atoms in total. The predicted octanol–water partition coefficient (Wildman–Crippen LogP) is 3.56. The number of allylic oxidation sites excluding steroid dienone is 3. The number of benzene rings is 1. The van der Waals surface area contributed by atoms with Gasteiger partial charge in [0.25, 0.3) is 0 Å². The Labute approximate surface area is 152 Å². The van der Waals surface area contributed by atoms with Crippen molar-refractivity contribution >= 4 is 17.5 Å². The molecule has 1 aliphatic carbocycles.